The highest BCUT2D eigenvalue weighted by atomic mass is 16.3. The van der Waals surface area contributed by atoms with Crippen LogP contribution in [0.4, 0.5) is 0 Å². The highest BCUT2D eigenvalue weighted by molar-refractivity contribution is 4.88. The number of aliphatic hydroxyl groups excluding tert-OH is 1. The SMILES string of the molecule is CCCN(C(C)C)C1CC(C(C)C)CCC1O. The van der Waals surface area contributed by atoms with Gasteiger partial charge in [0.15, 0.2) is 0 Å². The molecule has 1 rings (SSSR count). The van der Waals surface area contributed by atoms with Crippen LogP contribution in [-0.2, 0) is 0 Å². The molecule has 3 unspecified atom stereocenters. The largest absolute Gasteiger partial charge is 0.391 e. The predicted octanol–water partition coefficient (Wildman–Crippen LogP) is 3.29. The number of hydrogen-bond acceptors (Lipinski definition) is 2. The number of rotatable bonds is 5. The second-order valence-corrected chi connectivity index (χ2v) is 6.28. The second-order valence-electron chi connectivity index (χ2n) is 6.28. The third-order valence-electron chi connectivity index (χ3n) is 4.34. The monoisotopic (exact) mass is 241 g/mol. The summed E-state index contributed by atoms with van der Waals surface area (Å²) in [6.07, 6.45) is 4.43. The summed E-state index contributed by atoms with van der Waals surface area (Å²) in [4.78, 5) is 2.51. The zero-order valence-electron chi connectivity index (χ0n) is 12.3. The normalized spacial score (nSPS) is 30.5. The van der Waals surface area contributed by atoms with Gasteiger partial charge >= 0.3 is 0 Å². The van der Waals surface area contributed by atoms with Crippen LogP contribution < -0.4 is 0 Å². The first-order chi connectivity index (χ1) is 7.97. The van der Waals surface area contributed by atoms with Crippen molar-refractivity contribution in [2.45, 2.75) is 78.5 Å². The summed E-state index contributed by atoms with van der Waals surface area (Å²) >= 11 is 0. The molecule has 0 bridgehead atoms. The molecule has 1 aliphatic carbocycles. The number of nitrogens with zero attached hydrogens (tertiary/aromatic N) is 1. The average Bonchev–Trinajstić information content (AvgIpc) is 2.26. The van der Waals surface area contributed by atoms with E-state index < -0.39 is 0 Å². The third-order valence-corrected chi connectivity index (χ3v) is 4.34. The molecule has 0 aliphatic heterocycles. The lowest BCUT2D eigenvalue weighted by molar-refractivity contribution is -0.0172. The van der Waals surface area contributed by atoms with Gasteiger partial charge in [-0.25, -0.2) is 0 Å². The van der Waals surface area contributed by atoms with Gasteiger partial charge in [0.2, 0.25) is 0 Å². The van der Waals surface area contributed by atoms with Crippen LogP contribution in [0, 0.1) is 11.8 Å². The van der Waals surface area contributed by atoms with Crippen LogP contribution in [0.5, 0.6) is 0 Å². The summed E-state index contributed by atoms with van der Waals surface area (Å²) < 4.78 is 0. The highest BCUT2D eigenvalue weighted by Crippen LogP contribution is 2.33. The fourth-order valence-electron chi connectivity index (χ4n) is 3.19. The zero-order chi connectivity index (χ0) is 13.0. The molecule has 2 heteroatoms. The van der Waals surface area contributed by atoms with Gasteiger partial charge in [0, 0.05) is 12.1 Å². The highest BCUT2D eigenvalue weighted by Gasteiger charge is 2.34. The van der Waals surface area contributed by atoms with E-state index >= 15 is 0 Å². The predicted molar refractivity (Wildman–Crippen MR) is 74.1 cm³/mol. The van der Waals surface area contributed by atoms with Gasteiger partial charge in [-0.1, -0.05) is 20.8 Å². The van der Waals surface area contributed by atoms with E-state index in [-0.39, 0.29) is 6.10 Å². The topological polar surface area (TPSA) is 23.5 Å². The van der Waals surface area contributed by atoms with Crippen LogP contribution in [0.1, 0.15) is 60.3 Å². The van der Waals surface area contributed by atoms with Gasteiger partial charge in [-0.15, -0.1) is 0 Å². The molecule has 1 aliphatic rings. The van der Waals surface area contributed by atoms with Crippen molar-refractivity contribution in [1.29, 1.82) is 0 Å². The van der Waals surface area contributed by atoms with Crippen LogP contribution in [0.3, 0.4) is 0 Å². The summed E-state index contributed by atoms with van der Waals surface area (Å²) in [5.74, 6) is 1.54. The lowest BCUT2D eigenvalue weighted by Gasteiger charge is -2.43. The van der Waals surface area contributed by atoms with Crippen molar-refractivity contribution >= 4 is 0 Å². The van der Waals surface area contributed by atoms with Crippen molar-refractivity contribution in [3.05, 3.63) is 0 Å². The Kier molecular flexibility index (Phi) is 5.94. The molecule has 1 N–H and O–H groups in total. The Balaban J connectivity index is 2.69. The lowest BCUT2D eigenvalue weighted by atomic mass is 9.77. The maximum absolute atomic E-state index is 10.3. The van der Waals surface area contributed by atoms with Crippen LogP contribution in [0.2, 0.25) is 0 Å². The minimum Gasteiger partial charge on any atom is -0.391 e. The van der Waals surface area contributed by atoms with E-state index in [1.54, 1.807) is 0 Å². The Morgan fingerprint density at radius 1 is 1.18 bits per heavy atom. The van der Waals surface area contributed by atoms with Crippen LogP contribution >= 0.6 is 0 Å². The maximum atomic E-state index is 10.3. The maximum Gasteiger partial charge on any atom is 0.0695 e. The molecular formula is C15H31NO. The molecule has 0 amide bonds. The molecule has 0 aromatic carbocycles. The van der Waals surface area contributed by atoms with Crippen molar-refractivity contribution in [3.63, 3.8) is 0 Å². The van der Waals surface area contributed by atoms with Gasteiger partial charge < -0.3 is 5.11 Å². The van der Waals surface area contributed by atoms with Crippen LogP contribution in [-0.4, -0.2) is 34.7 Å². The first-order valence-electron chi connectivity index (χ1n) is 7.41. The standard InChI is InChI=1S/C15H31NO/c1-6-9-16(12(4)5)14-10-13(11(2)3)7-8-15(14)17/h11-15,17H,6-10H2,1-5H3. The van der Waals surface area contributed by atoms with E-state index in [0.717, 1.165) is 24.8 Å². The minimum absolute atomic E-state index is 0.112. The Hall–Kier alpha value is -0.0800. The van der Waals surface area contributed by atoms with Gasteiger partial charge in [0.05, 0.1) is 6.10 Å². The fourth-order valence-corrected chi connectivity index (χ4v) is 3.19. The molecule has 2 nitrogen and oxygen atoms in total. The van der Waals surface area contributed by atoms with Crippen molar-refractivity contribution in [1.82, 2.24) is 4.90 Å². The molecule has 0 aromatic heterocycles. The molecule has 102 valence electrons. The molecule has 17 heavy (non-hydrogen) atoms. The Labute approximate surface area is 107 Å². The van der Waals surface area contributed by atoms with E-state index in [9.17, 15) is 5.11 Å². The summed E-state index contributed by atoms with van der Waals surface area (Å²) in [5.41, 5.74) is 0. The molecule has 1 fully saturated rings. The number of aliphatic hydroxyl groups is 1. The Morgan fingerprint density at radius 3 is 2.29 bits per heavy atom. The average molecular weight is 241 g/mol. The van der Waals surface area contributed by atoms with Crippen LogP contribution in [0.25, 0.3) is 0 Å². The fraction of sp³-hybridized carbons (Fsp3) is 1.00. The van der Waals surface area contributed by atoms with E-state index in [4.69, 9.17) is 0 Å². The summed E-state index contributed by atoms with van der Waals surface area (Å²) in [5, 5.41) is 10.3. The smallest absolute Gasteiger partial charge is 0.0695 e. The third kappa shape index (κ3) is 3.96. The molecule has 0 radical (unpaired) electrons. The van der Waals surface area contributed by atoms with Crippen LogP contribution in [0.15, 0.2) is 0 Å². The van der Waals surface area contributed by atoms with Gasteiger partial charge in [-0.3, -0.25) is 4.90 Å². The Morgan fingerprint density at radius 2 is 1.82 bits per heavy atom. The molecular weight excluding hydrogens is 210 g/mol. The van der Waals surface area contributed by atoms with Crippen molar-refractivity contribution < 1.29 is 5.11 Å². The zero-order valence-corrected chi connectivity index (χ0v) is 12.3. The molecule has 3 atom stereocenters. The van der Waals surface area contributed by atoms with Crippen molar-refractivity contribution in [2.24, 2.45) is 11.8 Å². The van der Waals surface area contributed by atoms with Gasteiger partial charge in [0.1, 0.15) is 0 Å². The summed E-state index contributed by atoms with van der Waals surface area (Å²) in [6.45, 7) is 12.5. The van der Waals surface area contributed by atoms with Gasteiger partial charge in [-0.2, -0.15) is 0 Å². The van der Waals surface area contributed by atoms with E-state index in [0.29, 0.717) is 12.1 Å². The van der Waals surface area contributed by atoms with E-state index in [1.165, 1.54) is 19.3 Å². The number of hydrogen-bond donors (Lipinski definition) is 1. The molecule has 0 heterocycles. The summed E-state index contributed by atoms with van der Waals surface area (Å²) in [7, 11) is 0. The quantitative estimate of drug-likeness (QED) is 0.798. The lowest BCUT2D eigenvalue weighted by Crippen LogP contribution is -2.51. The second kappa shape index (κ2) is 6.75. The molecule has 0 saturated heterocycles. The van der Waals surface area contributed by atoms with Gasteiger partial charge in [-0.05, 0) is 57.9 Å². The minimum atomic E-state index is -0.112. The van der Waals surface area contributed by atoms with Crippen molar-refractivity contribution in [3.8, 4) is 0 Å². The first kappa shape index (κ1) is 15.0. The first-order valence-corrected chi connectivity index (χ1v) is 7.41. The molecule has 1 saturated carbocycles. The van der Waals surface area contributed by atoms with E-state index in [2.05, 4.69) is 39.5 Å². The molecule has 0 spiro atoms. The molecule has 0 aromatic rings. The van der Waals surface area contributed by atoms with E-state index in [1.807, 2.05) is 0 Å². The summed E-state index contributed by atoms with van der Waals surface area (Å²) in [6, 6.07) is 0.927. The Bertz CT molecular complexity index is 215. The van der Waals surface area contributed by atoms with Gasteiger partial charge in [0.25, 0.3) is 0 Å². The van der Waals surface area contributed by atoms with Crippen molar-refractivity contribution in [2.75, 3.05) is 6.54 Å².